The van der Waals surface area contributed by atoms with Crippen LogP contribution in [0.3, 0.4) is 0 Å². The van der Waals surface area contributed by atoms with E-state index in [0.717, 1.165) is 22.0 Å². The molecule has 0 aliphatic heterocycles. The summed E-state index contributed by atoms with van der Waals surface area (Å²) < 4.78 is 0. The maximum atomic E-state index is 12.4. The number of amides is 1. The lowest BCUT2D eigenvalue weighted by Gasteiger charge is -2.23. The zero-order chi connectivity index (χ0) is 16.3. The third-order valence-electron chi connectivity index (χ3n) is 3.58. The first-order chi connectivity index (χ1) is 10.4. The summed E-state index contributed by atoms with van der Waals surface area (Å²) in [6.45, 7) is 6.45. The molecule has 0 bridgehead atoms. The van der Waals surface area contributed by atoms with Crippen molar-refractivity contribution in [2.45, 2.75) is 33.4 Å². The van der Waals surface area contributed by atoms with E-state index in [4.69, 9.17) is 11.6 Å². The third-order valence-corrected chi connectivity index (χ3v) is 4.63. The summed E-state index contributed by atoms with van der Waals surface area (Å²) in [5.41, 5.74) is 2.73. The number of aryl methyl sites for hydroxylation is 2. The van der Waals surface area contributed by atoms with Gasteiger partial charge in [-0.1, -0.05) is 17.7 Å². The molecule has 0 saturated heterocycles. The average Bonchev–Trinajstić information content (AvgIpc) is 2.87. The molecule has 1 aromatic carbocycles. The molecule has 2 rings (SSSR count). The van der Waals surface area contributed by atoms with Crippen molar-refractivity contribution < 1.29 is 4.79 Å². The fourth-order valence-corrected chi connectivity index (χ4v) is 2.82. The Morgan fingerprint density at radius 3 is 2.82 bits per heavy atom. The lowest BCUT2D eigenvalue weighted by molar-refractivity contribution is -0.120. The number of carbonyl (C=O) groups is 1. The minimum atomic E-state index is -0.264. The Morgan fingerprint density at radius 2 is 2.18 bits per heavy atom. The summed E-state index contributed by atoms with van der Waals surface area (Å²) in [6.07, 6.45) is 0. The Kier molecular flexibility index (Phi) is 5.56. The van der Waals surface area contributed by atoms with Crippen LogP contribution >= 0.6 is 22.9 Å². The molecule has 0 fully saturated rings. The molecule has 1 unspecified atom stereocenters. The number of thiazole rings is 1. The van der Waals surface area contributed by atoms with E-state index in [1.807, 2.05) is 50.2 Å². The number of nitrogens with zero attached hydrogens (tertiary/aromatic N) is 2. The fourth-order valence-electron chi connectivity index (χ4n) is 2.04. The monoisotopic (exact) mass is 337 g/mol. The molecule has 1 N–H and O–H groups in total. The molecular formula is C16H20ClN3OS. The first-order valence-electron chi connectivity index (χ1n) is 7.05. The van der Waals surface area contributed by atoms with E-state index in [2.05, 4.69) is 10.3 Å². The normalized spacial score (nSPS) is 12.5. The molecule has 2 aromatic rings. The van der Waals surface area contributed by atoms with Crippen molar-refractivity contribution in [3.63, 3.8) is 0 Å². The van der Waals surface area contributed by atoms with Crippen molar-refractivity contribution in [2.75, 3.05) is 12.4 Å². The summed E-state index contributed by atoms with van der Waals surface area (Å²) in [7, 11) is 1.92. The van der Waals surface area contributed by atoms with Crippen LogP contribution in [0, 0.1) is 13.8 Å². The highest BCUT2D eigenvalue weighted by molar-refractivity contribution is 7.09. The molecule has 1 heterocycles. The Morgan fingerprint density at radius 1 is 1.45 bits per heavy atom. The van der Waals surface area contributed by atoms with Crippen LogP contribution in [0.4, 0.5) is 5.69 Å². The van der Waals surface area contributed by atoms with Crippen LogP contribution in [-0.4, -0.2) is 28.9 Å². The molecule has 4 nitrogen and oxygen atoms in total. The predicted octanol–water partition coefficient (Wildman–Crippen LogP) is 3.87. The second kappa shape index (κ2) is 7.22. The maximum absolute atomic E-state index is 12.4. The Hall–Kier alpha value is -1.43. The van der Waals surface area contributed by atoms with Gasteiger partial charge in [0.2, 0.25) is 5.91 Å². The van der Waals surface area contributed by atoms with Crippen LogP contribution in [0.25, 0.3) is 0 Å². The van der Waals surface area contributed by atoms with E-state index < -0.39 is 0 Å². The van der Waals surface area contributed by atoms with Gasteiger partial charge in [-0.05, 0) is 45.5 Å². The van der Waals surface area contributed by atoms with Crippen molar-refractivity contribution in [1.82, 2.24) is 9.88 Å². The second-order valence-electron chi connectivity index (χ2n) is 5.40. The second-order valence-corrected chi connectivity index (χ2v) is 6.90. The number of hydrogen-bond acceptors (Lipinski definition) is 4. The van der Waals surface area contributed by atoms with Gasteiger partial charge in [0, 0.05) is 22.6 Å². The molecule has 0 saturated carbocycles. The van der Waals surface area contributed by atoms with Gasteiger partial charge in [-0.3, -0.25) is 9.69 Å². The van der Waals surface area contributed by atoms with Crippen LogP contribution in [0.2, 0.25) is 5.02 Å². The van der Waals surface area contributed by atoms with Crippen LogP contribution < -0.4 is 5.32 Å². The first kappa shape index (κ1) is 16.9. The van der Waals surface area contributed by atoms with Crippen molar-refractivity contribution >= 4 is 34.5 Å². The van der Waals surface area contributed by atoms with Gasteiger partial charge < -0.3 is 5.32 Å². The molecule has 1 atom stereocenters. The molecular weight excluding hydrogens is 318 g/mol. The van der Waals surface area contributed by atoms with Crippen molar-refractivity contribution in [2.24, 2.45) is 0 Å². The van der Waals surface area contributed by atoms with Crippen LogP contribution in [0.5, 0.6) is 0 Å². The predicted molar refractivity (Wildman–Crippen MR) is 92.6 cm³/mol. The van der Waals surface area contributed by atoms with Crippen molar-refractivity contribution in [1.29, 1.82) is 0 Å². The van der Waals surface area contributed by atoms with E-state index in [9.17, 15) is 4.79 Å². The third kappa shape index (κ3) is 4.29. The van der Waals surface area contributed by atoms with E-state index in [0.29, 0.717) is 11.6 Å². The summed E-state index contributed by atoms with van der Waals surface area (Å²) in [4.78, 5) is 18.8. The van der Waals surface area contributed by atoms with Gasteiger partial charge >= 0.3 is 0 Å². The van der Waals surface area contributed by atoms with Crippen LogP contribution in [0.15, 0.2) is 23.6 Å². The molecule has 1 aromatic heterocycles. The molecule has 0 radical (unpaired) electrons. The average molecular weight is 338 g/mol. The number of benzene rings is 1. The summed E-state index contributed by atoms with van der Waals surface area (Å²) in [5.74, 6) is -0.0557. The highest BCUT2D eigenvalue weighted by Crippen LogP contribution is 2.21. The standard InChI is InChI=1S/C16H20ClN3OS/c1-10-5-6-13(17)7-15(10)19-16(21)11(2)20(4)8-14-9-22-12(3)18-14/h5-7,9,11H,8H2,1-4H3,(H,19,21). The van der Waals surface area contributed by atoms with Crippen LogP contribution in [-0.2, 0) is 11.3 Å². The molecule has 6 heteroatoms. The molecule has 22 heavy (non-hydrogen) atoms. The number of aromatic nitrogens is 1. The number of rotatable bonds is 5. The first-order valence-corrected chi connectivity index (χ1v) is 8.31. The quantitative estimate of drug-likeness (QED) is 0.900. The number of hydrogen-bond donors (Lipinski definition) is 1. The zero-order valence-corrected chi connectivity index (χ0v) is 14.8. The van der Waals surface area contributed by atoms with E-state index >= 15 is 0 Å². The lowest BCUT2D eigenvalue weighted by Crippen LogP contribution is -2.39. The molecule has 0 aliphatic carbocycles. The number of halogens is 1. The van der Waals surface area contributed by atoms with E-state index in [1.165, 1.54) is 0 Å². The number of likely N-dealkylation sites (N-methyl/N-ethyl adjacent to an activating group) is 1. The minimum Gasteiger partial charge on any atom is -0.324 e. The largest absolute Gasteiger partial charge is 0.324 e. The van der Waals surface area contributed by atoms with Crippen molar-refractivity contribution in [3.8, 4) is 0 Å². The van der Waals surface area contributed by atoms with Gasteiger partial charge in [-0.15, -0.1) is 11.3 Å². The van der Waals surface area contributed by atoms with E-state index in [1.54, 1.807) is 17.4 Å². The number of anilines is 1. The highest BCUT2D eigenvalue weighted by atomic mass is 35.5. The van der Waals surface area contributed by atoms with Gasteiger partial charge in [0.1, 0.15) is 0 Å². The SMILES string of the molecule is Cc1nc(CN(C)C(C)C(=O)Nc2cc(Cl)ccc2C)cs1. The Bertz CT molecular complexity index is 671. The van der Waals surface area contributed by atoms with Gasteiger partial charge in [0.05, 0.1) is 16.7 Å². The van der Waals surface area contributed by atoms with Gasteiger partial charge in [-0.2, -0.15) is 0 Å². The van der Waals surface area contributed by atoms with Crippen LogP contribution in [0.1, 0.15) is 23.2 Å². The maximum Gasteiger partial charge on any atom is 0.241 e. The molecule has 0 aliphatic rings. The summed E-state index contributed by atoms with van der Waals surface area (Å²) in [5, 5.41) is 6.61. The van der Waals surface area contributed by atoms with Gasteiger partial charge in [0.15, 0.2) is 0 Å². The highest BCUT2D eigenvalue weighted by Gasteiger charge is 2.19. The smallest absolute Gasteiger partial charge is 0.241 e. The number of carbonyl (C=O) groups excluding carboxylic acids is 1. The zero-order valence-electron chi connectivity index (χ0n) is 13.2. The van der Waals surface area contributed by atoms with Gasteiger partial charge in [-0.25, -0.2) is 4.98 Å². The fraction of sp³-hybridized carbons (Fsp3) is 0.375. The lowest BCUT2D eigenvalue weighted by atomic mass is 10.2. The molecule has 118 valence electrons. The van der Waals surface area contributed by atoms with E-state index in [-0.39, 0.29) is 11.9 Å². The Balaban J connectivity index is 2.00. The van der Waals surface area contributed by atoms with Crippen molar-refractivity contribution in [3.05, 3.63) is 44.9 Å². The molecule has 1 amide bonds. The minimum absolute atomic E-state index is 0.0557. The summed E-state index contributed by atoms with van der Waals surface area (Å²) in [6, 6.07) is 5.21. The van der Waals surface area contributed by atoms with Gasteiger partial charge in [0.25, 0.3) is 0 Å². The number of nitrogens with one attached hydrogen (secondary N) is 1. The molecule has 0 spiro atoms. The summed E-state index contributed by atoms with van der Waals surface area (Å²) >= 11 is 7.60. The topological polar surface area (TPSA) is 45.2 Å². The Labute approximate surface area is 140 Å².